The summed E-state index contributed by atoms with van der Waals surface area (Å²) in [6, 6.07) is 1.26. The molecule has 8 atom stereocenters. The van der Waals surface area contributed by atoms with Crippen molar-refractivity contribution >= 4 is 16.7 Å². The first-order valence-corrected chi connectivity index (χ1v) is 13.9. The van der Waals surface area contributed by atoms with E-state index in [1.165, 1.54) is 44.3 Å². The van der Waals surface area contributed by atoms with Gasteiger partial charge in [-0.1, -0.05) is 13.3 Å². The minimum Gasteiger partial charge on any atom is -0.469 e. The smallest absolute Gasteiger partial charge is 0.225 e. The van der Waals surface area contributed by atoms with Gasteiger partial charge in [0.15, 0.2) is 5.78 Å². The van der Waals surface area contributed by atoms with Crippen LogP contribution in [0.1, 0.15) is 78.1 Å². The molecule has 2 heterocycles. The van der Waals surface area contributed by atoms with Crippen LogP contribution in [0, 0.1) is 46.9 Å². The number of ketones is 1. The number of aromatic nitrogens is 3. The summed E-state index contributed by atoms with van der Waals surface area (Å²) in [6.45, 7) is 4.34. The van der Waals surface area contributed by atoms with Gasteiger partial charge in [0.25, 0.3) is 0 Å². The number of ether oxygens (including phenoxy) is 1. The van der Waals surface area contributed by atoms with Crippen molar-refractivity contribution in [3.63, 3.8) is 0 Å². The fraction of sp³-hybridized carbons (Fsp3) is 0.724. The van der Waals surface area contributed by atoms with Crippen LogP contribution < -0.4 is 4.74 Å². The highest BCUT2D eigenvalue weighted by Gasteiger charge is 2.57. The van der Waals surface area contributed by atoms with Gasteiger partial charge in [0.1, 0.15) is 12.9 Å². The molecule has 1 N–H and O–H groups in total. The van der Waals surface area contributed by atoms with Gasteiger partial charge < -0.3 is 9.84 Å². The van der Waals surface area contributed by atoms with Crippen LogP contribution in [-0.2, 0) is 4.79 Å². The van der Waals surface area contributed by atoms with Crippen molar-refractivity contribution in [2.75, 3.05) is 6.61 Å². The second-order valence-corrected chi connectivity index (χ2v) is 12.7. The first kappa shape index (κ1) is 24.2. The topological polar surface area (TPSA) is 85.2 Å². The zero-order valence-electron chi connectivity index (χ0n) is 21.5. The Kier molecular flexibility index (Phi) is 6.05. The van der Waals surface area contributed by atoms with Crippen LogP contribution in [0.15, 0.2) is 18.6 Å². The molecule has 4 aliphatic carbocycles. The highest BCUT2D eigenvalue weighted by atomic mass is 19.1. The lowest BCUT2D eigenvalue weighted by Gasteiger charge is -2.60. The molecule has 4 saturated carbocycles. The van der Waals surface area contributed by atoms with E-state index < -0.39 is 11.5 Å². The Morgan fingerprint density at radius 2 is 1.89 bits per heavy atom. The maximum Gasteiger partial charge on any atom is 0.225 e. The molecule has 0 aliphatic heterocycles. The summed E-state index contributed by atoms with van der Waals surface area (Å²) in [5.74, 6) is 3.20. The molecule has 0 spiro atoms. The third-order valence-electron chi connectivity index (χ3n) is 10.7. The van der Waals surface area contributed by atoms with E-state index in [0.29, 0.717) is 28.7 Å². The fourth-order valence-corrected chi connectivity index (χ4v) is 9.07. The molecule has 0 unspecified atom stereocenters. The molecule has 0 aromatic carbocycles. The number of rotatable bonds is 4. The van der Waals surface area contributed by atoms with Crippen molar-refractivity contribution in [3.8, 4) is 5.88 Å². The lowest BCUT2D eigenvalue weighted by Crippen LogP contribution is -2.55. The number of carbonyl (C=O) groups excluding carboxylic acids is 1. The molecule has 7 heteroatoms. The van der Waals surface area contributed by atoms with Crippen molar-refractivity contribution in [2.24, 2.45) is 40.9 Å². The standard InChI is InChI=1S/C29H38FN3O3/c1-28(35)10-8-18-17(13-28)6-7-20-19(18)9-11-29(2)22(20)4-3-5-23(29)25(34)15-36-27-21-12-26(30)31-14-24(21)32-16-33-27/h12,14,16-20,22-23,35H,3-11,13,15H2,1-2H3/t17-,18+,19-,20-,22+,23-,28-,29+/m1/s1. The minimum atomic E-state index is -0.621. The normalized spacial score (nSPS) is 40.1. The third kappa shape index (κ3) is 4.11. The van der Waals surface area contributed by atoms with Crippen molar-refractivity contribution in [2.45, 2.75) is 83.7 Å². The Labute approximate surface area is 212 Å². The van der Waals surface area contributed by atoms with E-state index in [-0.39, 0.29) is 29.6 Å². The summed E-state index contributed by atoms with van der Waals surface area (Å²) in [7, 11) is 0. The molecular formula is C29H38FN3O3. The highest BCUT2D eigenvalue weighted by molar-refractivity contribution is 5.85. The summed E-state index contributed by atoms with van der Waals surface area (Å²) < 4.78 is 19.6. The van der Waals surface area contributed by atoms with Crippen LogP contribution in [0.25, 0.3) is 10.9 Å². The van der Waals surface area contributed by atoms with E-state index in [4.69, 9.17) is 4.74 Å². The summed E-state index contributed by atoms with van der Waals surface area (Å²) in [5.41, 5.74) is 0.0182. The number of nitrogens with zero attached hydrogens (tertiary/aromatic N) is 3. The molecule has 36 heavy (non-hydrogen) atoms. The van der Waals surface area contributed by atoms with E-state index in [0.717, 1.165) is 50.4 Å². The molecule has 6 rings (SSSR count). The van der Waals surface area contributed by atoms with Gasteiger partial charge in [-0.3, -0.25) is 4.79 Å². The lowest BCUT2D eigenvalue weighted by molar-refractivity contribution is -0.149. The first-order chi connectivity index (χ1) is 17.2. The molecule has 6 nitrogen and oxygen atoms in total. The van der Waals surface area contributed by atoms with Gasteiger partial charge in [-0.05, 0) is 99.7 Å². The molecule has 194 valence electrons. The van der Waals surface area contributed by atoms with Gasteiger partial charge in [-0.15, -0.1) is 0 Å². The average Bonchev–Trinajstić information content (AvgIpc) is 2.85. The second kappa shape index (κ2) is 9.00. The maximum absolute atomic E-state index is 13.7. The Bertz CT molecular complexity index is 1160. The van der Waals surface area contributed by atoms with Crippen LogP contribution >= 0.6 is 0 Å². The van der Waals surface area contributed by atoms with Crippen molar-refractivity contribution < 1.29 is 19.0 Å². The molecule has 4 fully saturated rings. The minimum absolute atomic E-state index is 0.00600. The molecule has 0 radical (unpaired) electrons. The Morgan fingerprint density at radius 3 is 2.75 bits per heavy atom. The Morgan fingerprint density at radius 1 is 1.06 bits per heavy atom. The number of halogens is 1. The molecular weight excluding hydrogens is 457 g/mol. The van der Waals surface area contributed by atoms with E-state index in [2.05, 4.69) is 21.9 Å². The van der Waals surface area contributed by atoms with E-state index in [1.54, 1.807) is 0 Å². The van der Waals surface area contributed by atoms with Crippen LogP contribution in [0.4, 0.5) is 4.39 Å². The monoisotopic (exact) mass is 495 g/mol. The maximum atomic E-state index is 13.7. The molecule has 2 aromatic rings. The summed E-state index contributed by atoms with van der Waals surface area (Å²) in [4.78, 5) is 25.5. The average molecular weight is 496 g/mol. The van der Waals surface area contributed by atoms with Crippen LogP contribution in [-0.4, -0.2) is 38.0 Å². The van der Waals surface area contributed by atoms with Crippen molar-refractivity contribution in [1.82, 2.24) is 15.0 Å². The number of pyridine rings is 1. The van der Waals surface area contributed by atoms with E-state index in [9.17, 15) is 14.3 Å². The van der Waals surface area contributed by atoms with Gasteiger partial charge >= 0.3 is 0 Å². The van der Waals surface area contributed by atoms with Gasteiger partial charge in [-0.2, -0.15) is 4.39 Å². The number of aliphatic hydroxyl groups is 1. The number of hydrogen-bond acceptors (Lipinski definition) is 6. The third-order valence-corrected chi connectivity index (χ3v) is 10.7. The Balaban J connectivity index is 1.17. The quantitative estimate of drug-likeness (QED) is 0.562. The molecule has 0 saturated heterocycles. The fourth-order valence-electron chi connectivity index (χ4n) is 9.07. The summed E-state index contributed by atoms with van der Waals surface area (Å²) >= 11 is 0. The highest BCUT2D eigenvalue weighted by Crippen LogP contribution is 2.63. The first-order valence-electron chi connectivity index (χ1n) is 13.9. The van der Waals surface area contributed by atoms with Gasteiger partial charge in [0.05, 0.1) is 22.7 Å². The number of Topliss-reactive ketones (excluding diaryl/α,β-unsaturated/α-hetero) is 1. The number of fused-ring (bicyclic) bond motifs is 6. The van der Waals surface area contributed by atoms with E-state index >= 15 is 0 Å². The van der Waals surface area contributed by atoms with Crippen LogP contribution in [0.2, 0.25) is 0 Å². The second-order valence-electron chi connectivity index (χ2n) is 12.7. The lowest BCUT2D eigenvalue weighted by atomic mass is 9.44. The molecule has 0 bridgehead atoms. The number of hydrogen-bond donors (Lipinski definition) is 1. The predicted molar refractivity (Wildman–Crippen MR) is 134 cm³/mol. The van der Waals surface area contributed by atoms with E-state index in [1.807, 2.05) is 6.92 Å². The summed E-state index contributed by atoms with van der Waals surface area (Å²) in [6.07, 6.45) is 13.8. The predicted octanol–water partition coefficient (Wildman–Crippen LogP) is 5.52. The van der Waals surface area contributed by atoms with Crippen LogP contribution in [0.5, 0.6) is 5.88 Å². The Hall–Kier alpha value is -2.15. The largest absolute Gasteiger partial charge is 0.469 e. The zero-order valence-corrected chi connectivity index (χ0v) is 21.5. The van der Waals surface area contributed by atoms with Crippen molar-refractivity contribution in [1.29, 1.82) is 0 Å². The van der Waals surface area contributed by atoms with Gasteiger partial charge in [0.2, 0.25) is 11.8 Å². The van der Waals surface area contributed by atoms with Crippen molar-refractivity contribution in [3.05, 3.63) is 24.5 Å². The van der Waals surface area contributed by atoms with Gasteiger partial charge in [0, 0.05) is 12.0 Å². The zero-order chi connectivity index (χ0) is 25.1. The molecule has 4 aliphatic rings. The number of carbonyl (C=O) groups is 1. The SMILES string of the molecule is C[C@@]1(O)CC[C@H]2[C@H](CC[C@@H]3[C@@H]2CC[C@]2(C)[C@@H](C(=O)COc4ncnc5cnc(F)cc45)CCC[C@@H]32)C1. The molecule has 2 aromatic heterocycles. The molecule has 0 amide bonds. The summed E-state index contributed by atoms with van der Waals surface area (Å²) in [5, 5.41) is 11.1. The van der Waals surface area contributed by atoms with Gasteiger partial charge in [-0.25, -0.2) is 15.0 Å². The van der Waals surface area contributed by atoms with Crippen LogP contribution in [0.3, 0.4) is 0 Å².